The summed E-state index contributed by atoms with van der Waals surface area (Å²) in [6.07, 6.45) is 1.62. The average molecular weight is 311 g/mol. The van der Waals surface area contributed by atoms with Gasteiger partial charge >= 0.3 is 0 Å². The lowest BCUT2D eigenvalue weighted by Crippen LogP contribution is -2.24. The molecule has 0 aliphatic heterocycles. The van der Waals surface area contributed by atoms with E-state index in [1.165, 1.54) is 22.2 Å². The Morgan fingerprint density at radius 2 is 2.40 bits per heavy atom. The van der Waals surface area contributed by atoms with Crippen LogP contribution in [0.1, 0.15) is 16.1 Å². The molecule has 7 heteroatoms. The molecule has 2 N–H and O–H groups in total. The number of aryl methyl sites for hydroxylation is 1. The van der Waals surface area contributed by atoms with Crippen molar-refractivity contribution >= 4 is 29.0 Å². The number of rotatable bonds is 6. The molecule has 2 aromatic rings. The summed E-state index contributed by atoms with van der Waals surface area (Å²) < 4.78 is 1.79. The van der Waals surface area contributed by atoms with Crippen LogP contribution in [0, 0.1) is 6.92 Å². The first-order chi connectivity index (χ1) is 9.61. The Hall–Kier alpha value is -1.31. The second-order valence-electron chi connectivity index (χ2n) is 4.34. The summed E-state index contributed by atoms with van der Waals surface area (Å²) in [6, 6.07) is 2.05. The van der Waals surface area contributed by atoms with E-state index in [2.05, 4.69) is 10.3 Å². The van der Waals surface area contributed by atoms with Gasteiger partial charge in [0.05, 0.1) is 30.8 Å². The third kappa shape index (κ3) is 3.62. The van der Waals surface area contributed by atoms with Crippen LogP contribution in [-0.4, -0.2) is 26.3 Å². The van der Waals surface area contributed by atoms with Gasteiger partial charge in [0.15, 0.2) is 5.16 Å². The van der Waals surface area contributed by atoms with Crippen molar-refractivity contribution in [1.82, 2.24) is 14.9 Å². The highest BCUT2D eigenvalue weighted by molar-refractivity contribution is 7.99. The van der Waals surface area contributed by atoms with Gasteiger partial charge in [0.25, 0.3) is 0 Å². The predicted molar refractivity (Wildman–Crippen MR) is 80.8 cm³/mol. The standard InChI is InChI=1S/C13H17N3O2S2/c1-9-3-4-19-11(9)6-14-12(18)8-20-13-15-5-10(7-17)16(13)2/h3-5,17H,6-8H2,1-2H3,(H,14,18). The highest BCUT2D eigenvalue weighted by atomic mass is 32.2. The number of aliphatic hydroxyl groups excluding tert-OH is 1. The molecule has 2 aromatic heterocycles. The fourth-order valence-corrected chi connectivity index (χ4v) is 3.30. The van der Waals surface area contributed by atoms with Crippen molar-refractivity contribution in [1.29, 1.82) is 0 Å². The Balaban J connectivity index is 1.80. The minimum Gasteiger partial charge on any atom is -0.390 e. The number of hydrogen-bond donors (Lipinski definition) is 2. The molecule has 0 aliphatic carbocycles. The summed E-state index contributed by atoms with van der Waals surface area (Å²) in [7, 11) is 1.83. The van der Waals surface area contributed by atoms with Crippen LogP contribution >= 0.6 is 23.1 Å². The smallest absolute Gasteiger partial charge is 0.230 e. The van der Waals surface area contributed by atoms with E-state index in [9.17, 15) is 4.79 Å². The van der Waals surface area contributed by atoms with E-state index in [1.54, 1.807) is 22.1 Å². The van der Waals surface area contributed by atoms with E-state index < -0.39 is 0 Å². The summed E-state index contributed by atoms with van der Waals surface area (Å²) in [5, 5.41) is 14.7. The molecule has 0 aliphatic rings. The molecule has 1 amide bonds. The molecule has 5 nitrogen and oxygen atoms in total. The molecule has 0 saturated carbocycles. The number of nitrogens with one attached hydrogen (secondary N) is 1. The van der Waals surface area contributed by atoms with E-state index >= 15 is 0 Å². The van der Waals surface area contributed by atoms with E-state index in [0.717, 1.165) is 10.9 Å². The zero-order valence-electron chi connectivity index (χ0n) is 11.4. The molecule has 0 fully saturated rings. The second-order valence-corrected chi connectivity index (χ2v) is 6.28. The lowest BCUT2D eigenvalue weighted by molar-refractivity contribution is -0.118. The van der Waals surface area contributed by atoms with Crippen molar-refractivity contribution in [2.45, 2.75) is 25.2 Å². The zero-order chi connectivity index (χ0) is 14.5. The third-order valence-corrected chi connectivity index (χ3v) is 5.02. The number of aliphatic hydroxyl groups is 1. The molecule has 0 spiro atoms. The molecule has 0 aromatic carbocycles. The first-order valence-corrected chi connectivity index (χ1v) is 8.02. The van der Waals surface area contributed by atoms with Crippen molar-refractivity contribution in [3.63, 3.8) is 0 Å². The Bertz CT molecular complexity index is 592. The van der Waals surface area contributed by atoms with Crippen LogP contribution in [0.5, 0.6) is 0 Å². The summed E-state index contributed by atoms with van der Waals surface area (Å²) in [5.74, 6) is 0.302. The average Bonchev–Trinajstić information content (AvgIpc) is 3.00. The molecule has 2 rings (SSSR count). The molecule has 0 bridgehead atoms. The number of hydrogen-bond acceptors (Lipinski definition) is 5. The van der Waals surface area contributed by atoms with Crippen molar-refractivity contribution in [2.24, 2.45) is 7.05 Å². The van der Waals surface area contributed by atoms with Gasteiger partial charge in [-0.2, -0.15) is 0 Å². The molecule has 0 saturated heterocycles. The van der Waals surface area contributed by atoms with Crippen LogP contribution in [0.3, 0.4) is 0 Å². The van der Waals surface area contributed by atoms with Crippen LogP contribution in [0.25, 0.3) is 0 Å². The first kappa shape index (κ1) is 15.1. The van der Waals surface area contributed by atoms with E-state index in [-0.39, 0.29) is 12.5 Å². The van der Waals surface area contributed by atoms with Gasteiger partial charge < -0.3 is 15.0 Å². The fraction of sp³-hybridized carbons (Fsp3) is 0.385. The largest absolute Gasteiger partial charge is 0.390 e. The number of thioether (sulfide) groups is 1. The number of amides is 1. The number of aromatic nitrogens is 2. The van der Waals surface area contributed by atoms with Crippen molar-refractivity contribution in [3.8, 4) is 0 Å². The number of imidazole rings is 1. The Morgan fingerprint density at radius 3 is 3.00 bits per heavy atom. The minimum absolute atomic E-state index is 0.0173. The van der Waals surface area contributed by atoms with Crippen LogP contribution < -0.4 is 5.32 Å². The topological polar surface area (TPSA) is 67.2 Å². The highest BCUT2D eigenvalue weighted by Gasteiger charge is 2.09. The van der Waals surface area contributed by atoms with Crippen molar-refractivity contribution < 1.29 is 9.90 Å². The van der Waals surface area contributed by atoms with Crippen LogP contribution in [0.4, 0.5) is 0 Å². The van der Waals surface area contributed by atoms with Gasteiger partial charge in [0, 0.05) is 11.9 Å². The number of nitrogens with zero attached hydrogens (tertiary/aromatic N) is 2. The SMILES string of the molecule is Cc1ccsc1CNC(=O)CSc1ncc(CO)n1C. The quantitative estimate of drug-likeness (QED) is 0.797. The molecule has 0 unspecified atom stereocenters. The maximum absolute atomic E-state index is 11.8. The maximum Gasteiger partial charge on any atom is 0.230 e. The molecular formula is C13H17N3O2S2. The fourth-order valence-electron chi connectivity index (χ4n) is 1.65. The van der Waals surface area contributed by atoms with Gasteiger partial charge in [-0.15, -0.1) is 11.3 Å². The summed E-state index contributed by atoms with van der Waals surface area (Å²) in [5.41, 5.74) is 1.95. The normalized spacial score (nSPS) is 10.8. The highest BCUT2D eigenvalue weighted by Crippen LogP contribution is 2.18. The van der Waals surface area contributed by atoms with Gasteiger partial charge in [-0.1, -0.05) is 11.8 Å². The van der Waals surface area contributed by atoms with Crippen molar-refractivity contribution in [3.05, 3.63) is 33.8 Å². The van der Waals surface area contributed by atoms with Gasteiger partial charge in [0.1, 0.15) is 0 Å². The Morgan fingerprint density at radius 1 is 1.60 bits per heavy atom. The molecule has 20 heavy (non-hydrogen) atoms. The maximum atomic E-state index is 11.8. The van der Waals surface area contributed by atoms with Crippen LogP contribution in [0.2, 0.25) is 0 Å². The summed E-state index contributed by atoms with van der Waals surface area (Å²) in [4.78, 5) is 17.2. The predicted octanol–water partition coefficient (Wildman–Crippen LogP) is 1.69. The molecule has 0 atom stereocenters. The van der Waals surface area contributed by atoms with Crippen LogP contribution in [0.15, 0.2) is 22.8 Å². The van der Waals surface area contributed by atoms with Gasteiger partial charge in [-0.3, -0.25) is 4.79 Å². The van der Waals surface area contributed by atoms with E-state index in [1.807, 2.05) is 25.4 Å². The van der Waals surface area contributed by atoms with Gasteiger partial charge in [-0.25, -0.2) is 4.98 Å². The Labute approximate surface area is 126 Å². The number of carbonyl (C=O) groups is 1. The third-order valence-electron chi connectivity index (χ3n) is 2.95. The van der Waals surface area contributed by atoms with E-state index in [4.69, 9.17) is 5.11 Å². The van der Waals surface area contributed by atoms with Crippen molar-refractivity contribution in [2.75, 3.05) is 5.75 Å². The minimum atomic E-state index is -0.0477. The number of thiophene rings is 1. The zero-order valence-corrected chi connectivity index (χ0v) is 13.1. The summed E-state index contributed by atoms with van der Waals surface area (Å²) in [6.45, 7) is 2.57. The lowest BCUT2D eigenvalue weighted by atomic mass is 10.3. The lowest BCUT2D eigenvalue weighted by Gasteiger charge is -2.05. The number of carbonyl (C=O) groups excluding carboxylic acids is 1. The summed E-state index contributed by atoms with van der Waals surface area (Å²) >= 11 is 3.01. The first-order valence-electron chi connectivity index (χ1n) is 6.15. The van der Waals surface area contributed by atoms with Gasteiger partial charge in [0.2, 0.25) is 5.91 Å². The Kier molecular flexibility index (Phi) is 5.22. The molecule has 0 radical (unpaired) electrons. The molecule has 108 valence electrons. The van der Waals surface area contributed by atoms with Gasteiger partial charge in [-0.05, 0) is 23.9 Å². The monoisotopic (exact) mass is 311 g/mol. The molecular weight excluding hydrogens is 294 g/mol. The second kappa shape index (κ2) is 6.92. The van der Waals surface area contributed by atoms with Crippen LogP contribution in [-0.2, 0) is 25.0 Å². The molecule has 2 heterocycles. The van der Waals surface area contributed by atoms with E-state index in [0.29, 0.717) is 12.3 Å².